The number of ether oxygens (including phenoxy) is 2. The van der Waals surface area contributed by atoms with Crippen molar-refractivity contribution in [3.05, 3.63) is 0 Å². The first kappa shape index (κ1) is 12.0. The van der Waals surface area contributed by atoms with Crippen LogP contribution in [0.2, 0.25) is 0 Å². The van der Waals surface area contributed by atoms with Crippen molar-refractivity contribution in [3.8, 4) is 0 Å². The van der Waals surface area contributed by atoms with E-state index in [2.05, 4.69) is 20.8 Å². The van der Waals surface area contributed by atoms with Gasteiger partial charge in [-0.2, -0.15) is 0 Å². The molecular weight excluding hydrogens is 176 g/mol. The first-order valence-electron chi connectivity index (χ1n) is 6.08. The molecule has 84 valence electrons. The maximum atomic E-state index is 6.02. The second-order valence-corrected chi connectivity index (χ2v) is 4.21. The SMILES string of the molecule is CCCCC1(CC)OCC(CCC)O1. The van der Waals surface area contributed by atoms with Gasteiger partial charge in [0.15, 0.2) is 5.79 Å². The third kappa shape index (κ3) is 2.96. The molecule has 0 aromatic rings. The van der Waals surface area contributed by atoms with Gasteiger partial charge in [-0.25, -0.2) is 0 Å². The zero-order chi connectivity index (χ0) is 10.4. The summed E-state index contributed by atoms with van der Waals surface area (Å²) in [6.07, 6.45) is 7.11. The maximum absolute atomic E-state index is 6.02. The zero-order valence-electron chi connectivity index (χ0n) is 9.84. The van der Waals surface area contributed by atoms with Crippen LogP contribution in [0.4, 0.5) is 0 Å². The predicted octanol–water partition coefficient (Wildman–Crippen LogP) is 3.50. The fourth-order valence-electron chi connectivity index (χ4n) is 2.02. The molecule has 0 radical (unpaired) electrons. The van der Waals surface area contributed by atoms with Crippen LogP contribution in [0.3, 0.4) is 0 Å². The molecule has 14 heavy (non-hydrogen) atoms. The highest BCUT2D eigenvalue weighted by Crippen LogP contribution is 2.33. The molecular formula is C12H24O2. The summed E-state index contributed by atoms with van der Waals surface area (Å²) in [6.45, 7) is 7.36. The standard InChI is InChI=1S/C12H24O2/c1-4-7-9-12(6-3)13-10-11(14-12)8-5-2/h11H,4-10H2,1-3H3. The number of hydrogen-bond acceptors (Lipinski definition) is 2. The van der Waals surface area contributed by atoms with E-state index >= 15 is 0 Å². The lowest BCUT2D eigenvalue weighted by molar-refractivity contribution is -0.175. The monoisotopic (exact) mass is 200 g/mol. The average Bonchev–Trinajstić information content (AvgIpc) is 2.60. The summed E-state index contributed by atoms with van der Waals surface area (Å²) in [6, 6.07) is 0. The van der Waals surface area contributed by atoms with Crippen LogP contribution in [0, 0.1) is 0 Å². The number of hydrogen-bond donors (Lipinski definition) is 0. The van der Waals surface area contributed by atoms with Gasteiger partial charge in [-0.05, 0) is 19.3 Å². The quantitative estimate of drug-likeness (QED) is 0.653. The molecule has 0 spiro atoms. The molecule has 1 rings (SSSR count). The van der Waals surface area contributed by atoms with E-state index in [0.717, 1.165) is 25.9 Å². The smallest absolute Gasteiger partial charge is 0.168 e. The van der Waals surface area contributed by atoms with Crippen LogP contribution in [0.25, 0.3) is 0 Å². The molecule has 1 fully saturated rings. The molecule has 0 aromatic carbocycles. The van der Waals surface area contributed by atoms with Crippen LogP contribution in [0.1, 0.15) is 59.3 Å². The van der Waals surface area contributed by atoms with Crippen LogP contribution < -0.4 is 0 Å². The summed E-state index contributed by atoms with van der Waals surface area (Å²) in [4.78, 5) is 0. The summed E-state index contributed by atoms with van der Waals surface area (Å²) >= 11 is 0. The molecule has 0 amide bonds. The van der Waals surface area contributed by atoms with E-state index in [1.807, 2.05) is 0 Å². The minimum absolute atomic E-state index is 0.240. The van der Waals surface area contributed by atoms with Crippen molar-refractivity contribution in [1.82, 2.24) is 0 Å². The van der Waals surface area contributed by atoms with Gasteiger partial charge in [-0.1, -0.05) is 33.6 Å². The molecule has 2 nitrogen and oxygen atoms in total. The highest BCUT2D eigenvalue weighted by Gasteiger charge is 2.38. The van der Waals surface area contributed by atoms with Crippen LogP contribution in [-0.4, -0.2) is 18.5 Å². The maximum Gasteiger partial charge on any atom is 0.168 e. The van der Waals surface area contributed by atoms with Gasteiger partial charge < -0.3 is 9.47 Å². The Morgan fingerprint density at radius 1 is 1.21 bits per heavy atom. The molecule has 0 aliphatic carbocycles. The van der Waals surface area contributed by atoms with E-state index < -0.39 is 0 Å². The Balaban J connectivity index is 2.39. The lowest BCUT2D eigenvalue weighted by Crippen LogP contribution is -2.29. The van der Waals surface area contributed by atoms with E-state index in [4.69, 9.17) is 9.47 Å². The molecule has 0 aromatic heterocycles. The lowest BCUT2D eigenvalue weighted by Gasteiger charge is -2.26. The van der Waals surface area contributed by atoms with Crippen molar-refractivity contribution in [2.45, 2.75) is 71.2 Å². The van der Waals surface area contributed by atoms with Crippen molar-refractivity contribution in [3.63, 3.8) is 0 Å². The summed E-state index contributed by atoms with van der Waals surface area (Å²) in [7, 11) is 0. The predicted molar refractivity (Wildman–Crippen MR) is 58.3 cm³/mol. The summed E-state index contributed by atoms with van der Waals surface area (Å²) in [5.74, 6) is -0.240. The first-order valence-corrected chi connectivity index (χ1v) is 6.08. The van der Waals surface area contributed by atoms with Crippen molar-refractivity contribution >= 4 is 0 Å². The Hall–Kier alpha value is -0.0800. The van der Waals surface area contributed by atoms with Crippen LogP contribution in [0.15, 0.2) is 0 Å². The van der Waals surface area contributed by atoms with Gasteiger partial charge in [-0.3, -0.25) is 0 Å². The molecule has 2 heteroatoms. The zero-order valence-corrected chi connectivity index (χ0v) is 9.84. The Kier molecular flexibility index (Phi) is 4.90. The Bertz CT molecular complexity index is 158. The Labute approximate surface area is 88.0 Å². The van der Waals surface area contributed by atoms with Gasteiger partial charge >= 0.3 is 0 Å². The normalized spacial score (nSPS) is 32.4. The molecule has 1 aliphatic heterocycles. The summed E-state index contributed by atoms with van der Waals surface area (Å²) < 4.78 is 11.9. The average molecular weight is 200 g/mol. The third-order valence-electron chi connectivity index (χ3n) is 2.97. The Morgan fingerprint density at radius 2 is 2.00 bits per heavy atom. The van der Waals surface area contributed by atoms with Crippen LogP contribution in [-0.2, 0) is 9.47 Å². The highest BCUT2D eigenvalue weighted by atomic mass is 16.7. The molecule has 0 bridgehead atoms. The second-order valence-electron chi connectivity index (χ2n) is 4.21. The summed E-state index contributed by atoms with van der Waals surface area (Å²) in [5, 5.41) is 0. The minimum Gasteiger partial charge on any atom is -0.347 e. The van der Waals surface area contributed by atoms with Crippen LogP contribution in [0.5, 0.6) is 0 Å². The minimum atomic E-state index is -0.240. The molecule has 0 saturated carbocycles. The summed E-state index contributed by atoms with van der Waals surface area (Å²) in [5.41, 5.74) is 0. The van der Waals surface area contributed by atoms with Gasteiger partial charge in [-0.15, -0.1) is 0 Å². The van der Waals surface area contributed by atoms with E-state index in [1.54, 1.807) is 0 Å². The van der Waals surface area contributed by atoms with Crippen molar-refractivity contribution in [2.75, 3.05) is 6.61 Å². The highest BCUT2D eigenvalue weighted by molar-refractivity contribution is 4.77. The van der Waals surface area contributed by atoms with Gasteiger partial charge in [0.1, 0.15) is 0 Å². The fraction of sp³-hybridized carbons (Fsp3) is 1.00. The third-order valence-corrected chi connectivity index (χ3v) is 2.97. The van der Waals surface area contributed by atoms with Gasteiger partial charge in [0.25, 0.3) is 0 Å². The Morgan fingerprint density at radius 3 is 2.57 bits per heavy atom. The lowest BCUT2D eigenvalue weighted by atomic mass is 10.1. The fourth-order valence-corrected chi connectivity index (χ4v) is 2.02. The van der Waals surface area contributed by atoms with Gasteiger partial charge in [0, 0.05) is 6.42 Å². The van der Waals surface area contributed by atoms with Gasteiger partial charge in [0.2, 0.25) is 0 Å². The van der Waals surface area contributed by atoms with Crippen LogP contribution >= 0.6 is 0 Å². The second kappa shape index (κ2) is 5.72. The van der Waals surface area contributed by atoms with Crippen molar-refractivity contribution in [2.24, 2.45) is 0 Å². The van der Waals surface area contributed by atoms with Gasteiger partial charge in [0.05, 0.1) is 12.7 Å². The van der Waals surface area contributed by atoms with E-state index in [1.165, 1.54) is 19.3 Å². The number of rotatable bonds is 6. The van der Waals surface area contributed by atoms with E-state index in [0.29, 0.717) is 6.10 Å². The molecule has 1 heterocycles. The molecule has 1 saturated heterocycles. The molecule has 0 N–H and O–H groups in total. The molecule has 2 atom stereocenters. The van der Waals surface area contributed by atoms with E-state index in [-0.39, 0.29) is 5.79 Å². The molecule has 1 aliphatic rings. The molecule has 2 unspecified atom stereocenters. The van der Waals surface area contributed by atoms with Crippen molar-refractivity contribution < 1.29 is 9.47 Å². The first-order chi connectivity index (χ1) is 6.76. The van der Waals surface area contributed by atoms with Crippen molar-refractivity contribution in [1.29, 1.82) is 0 Å². The number of unbranched alkanes of at least 4 members (excludes halogenated alkanes) is 1. The van der Waals surface area contributed by atoms with E-state index in [9.17, 15) is 0 Å². The topological polar surface area (TPSA) is 18.5 Å². The largest absolute Gasteiger partial charge is 0.347 e.